The molecule has 3 aromatic rings. The van der Waals surface area contributed by atoms with E-state index in [1.807, 2.05) is 6.07 Å². The molecule has 0 radical (unpaired) electrons. The summed E-state index contributed by atoms with van der Waals surface area (Å²) in [7, 11) is 1.38. The van der Waals surface area contributed by atoms with Gasteiger partial charge in [-0.1, -0.05) is 0 Å². The van der Waals surface area contributed by atoms with Gasteiger partial charge in [-0.25, -0.2) is 13.8 Å². The van der Waals surface area contributed by atoms with Gasteiger partial charge in [-0.3, -0.25) is 4.79 Å². The van der Waals surface area contributed by atoms with Gasteiger partial charge in [0.05, 0.1) is 36.5 Å². The maximum Gasteiger partial charge on any atom is 0.311 e. The second-order valence-corrected chi connectivity index (χ2v) is 8.64. The van der Waals surface area contributed by atoms with Crippen LogP contribution in [0.4, 0.5) is 14.5 Å². The molecule has 0 spiro atoms. The molecule has 6 rings (SSSR count). The van der Waals surface area contributed by atoms with Crippen molar-refractivity contribution in [2.75, 3.05) is 12.4 Å². The van der Waals surface area contributed by atoms with Crippen LogP contribution >= 0.6 is 0 Å². The smallest absolute Gasteiger partial charge is 0.311 e. The number of hydrogen-bond donors (Lipinski definition) is 2. The van der Waals surface area contributed by atoms with Crippen molar-refractivity contribution in [3.8, 4) is 17.2 Å². The first-order valence-corrected chi connectivity index (χ1v) is 10.7. The summed E-state index contributed by atoms with van der Waals surface area (Å²) in [4.78, 5) is 19.5. The molecule has 0 saturated heterocycles. The number of H-pyrrole nitrogens is 1. The number of anilines is 1. The molecular formula is C24H22F2N4O2. The van der Waals surface area contributed by atoms with Gasteiger partial charge in [-0.05, 0) is 55.7 Å². The first-order valence-electron chi connectivity index (χ1n) is 10.7. The van der Waals surface area contributed by atoms with E-state index >= 15 is 4.39 Å². The molecule has 2 bridgehead atoms. The Balaban J connectivity index is 1.57. The highest BCUT2D eigenvalue weighted by molar-refractivity contribution is 5.95. The van der Waals surface area contributed by atoms with Crippen molar-refractivity contribution < 1.29 is 18.3 Å². The van der Waals surface area contributed by atoms with Crippen molar-refractivity contribution in [2.24, 2.45) is 17.8 Å². The zero-order valence-corrected chi connectivity index (χ0v) is 17.5. The van der Waals surface area contributed by atoms with Crippen molar-refractivity contribution >= 4 is 22.7 Å². The Labute approximate surface area is 183 Å². The zero-order valence-electron chi connectivity index (χ0n) is 17.5. The minimum Gasteiger partial charge on any atom is -0.469 e. The number of carbonyl (C=O) groups excluding carboxylic acids is 1. The maximum atomic E-state index is 15.0. The number of nitrogens with zero attached hydrogens (tertiary/aromatic N) is 2. The van der Waals surface area contributed by atoms with E-state index in [0.717, 1.165) is 31.9 Å². The van der Waals surface area contributed by atoms with Crippen LogP contribution in [0.15, 0.2) is 30.6 Å². The summed E-state index contributed by atoms with van der Waals surface area (Å²) in [6.45, 7) is 0. The minimum atomic E-state index is -0.570. The topological polar surface area (TPSA) is 90.8 Å². The Morgan fingerprint density at radius 2 is 1.94 bits per heavy atom. The normalized spacial score (nSPS) is 24.3. The number of carbonyl (C=O) groups is 1. The SMILES string of the molecule is COC(=O)C1C2CCC(CC2)C1Nc1cc(-c2c[nH]c3ncc(F)cc23)c(C#N)cc1F. The van der Waals surface area contributed by atoms with Gasteiger partial charge in [-0.15, -0.1) is 0 Å². The minimum absolute atomic E-state index is 0.132. The number of pyridine rings is 1. The predicted octanol–water partition coefficient (Wildman–Crippen LogP) is 4.77. The highest BCUT2D eigenvalue weighted by atomic mass is 19.1. The number of nitrogens with one attached hydrogen (secondary N) is 2. The van der Waals surface area contributed by atoms with Crippen LogP contribution in [-0.4, -0.2) is 29.1 Å². The number of hydrogen-bond acceptors (Lipinski definition) is 5. The van der Waals surface area contributed by atoms with Crippen molar-refractivity contribution in [1.29, 1.82) is 5.26 Å². The van der Waals surface area contributed by atoms with E-state index in [1.54, 1.807) is 12.3 Å². The highest BCUT2D eigenvalue weighted by Gasteiger charge is 2.48. The molecule has 3 aliphatic carbocycles. The Morgan fingerprint density at radius 3 is 2.66 bits per heavy atom. The molecule has 2 unspecified atom stereocenters. The first-order chi connectivity index (χ1) is 15.5. The van der Waals surface area contributed by atoms with Crippen LogP contribution in [0.25, 0.3) is 22.2 Å². The number of methoxy groups -OCH3 is 1. The molecule has 32 heavy (non-hydrogen) atoms. The van der Waals surface area contributed by atoms with Gasteiger partial charge in [-0.2, -0.15) is 5.26 Å². The largest absolute Gasteiger partial charge is 0.469 e. The third kappa shape index (κ3) is 3.29. The fourth-order valence-electron chi connectivity index (χ4n) is 5.51. The molecule has 2 heterocycles. The van der Waals surface area contributed by atoms with Gasteiger partial charge < -0.3 is 15.0 Å². The zero-order chi connectivity index (χ0) is 22.4. The summed E-state index contributed by atoms with van der Waals surface area (Å²) < 4.78 is 33.9. The lowest BCUT2D eigenvalue weighted by atomic mass is 9.61. The van der Waals surface area contributed by atoms with Crippen LogP contribution in [0.2, 0.25) is 0 Å². The lowest BCUT2D eigenvalue weighted by Crippen LogP contribution is -2.51. The average molecular weight is 436 g/mol. The highest BCUT2D eigenvalue weighted by Crippen LogP contribution is 2.47. The number of nitriles is 1. The van der Waals surface area contributed by atoms with Crippen molar-refractivity contribution in [1.82, 2.24) is 9.97 Å². The van der Waals surface area contributed by atoms with Gasteiger partial charge >= 0.3 is 5.97 Å². The van der Waals surface area contributed by atoms with Gasteiger partial charge in [0.15, 0.2) is 0 Å². The molecular weight excluding hydrogens is 414 g/mol. The Morgan fingerprint density at radius 1 is 1.19 bits per heavy atom. The molecule has 2 N–H and O–H groups in total. The van der Waals surface area contributed by atoms with Crippen LogP contribution in [-0.2, 0) is 9.53 Å². The fourth-order valence-corrected chi connectivity index (χ4v) is 5.51. The van der Waals surface area contributed by atoms with Crippen LogP contribution in [0.1, 0.15) is 31.2 Å². The Kier molecular flexibility index (Phi) is 5.04. The van der Waals surface area contributed by atoms with E-state index in [9.17, 15) is 14.4 Å². The summed E-state index contributed by atoms with van der Waals surface area (Å²) in [5.74, 6) is -1.22. The molecule has 0 aliphatic heterocycles. The summed E-state index contributed by atoms with van der Waals surface area (Å²) in [6, 6.07) is 5.86. The van der Waals surface area contributed by atoms with Gasteiger partial charge in [0.1, 0.15) is 17.3 Å². The van der Waals surface area contributed by atoms with E-state index < -0.39 is 11.6 Å². The summed E-state index contributed by atoms with van der Waals surface area (Å²) in [6.07, 6.45) is 6.64. The lowest BCUT2D eigenvalue weighted by Gasteiger charge is -2.47. The van der Waals surface area contributed by atoms with Crippen molar-refractivity contribution in [3.05, 3.63) is 47.8 Å². The number of benzene rings is 1. The third-order valence-electron chi connectivity index (χ3n) is 7.03. The van der Waals surface area contributed by atoms with Crippen molar-refractivity contribution in [2.45, 2.75) is 31.7 Å². The number of aromatic nitrogens is 2. The number of halogens is 2. The number of esters is 1. The Bertz CT molecular complexity index is 1240. The molecule has 2 aromatic heterocycles. The van der Waals surface area contributed by atoms with Crippen LogP contribution in [0, 0.1) is 40.7 Å². The van der Waals surface area contributed by atoms with Gasteiger partial charge in [0.2, 0.25) is 0 Å². The molecule has 6 nitrogen and oxygen atoms in total. The molecule has 0 amide bonds. The average Bonchev–Trinajstić information content (AvgIpc) is 3.23. The van der Waals surface area contributed by atoms with Crippen LogP contribution in [0.5, 0.6) is 0 Å². The fraction of sp³-hybridized carbons (Fsp3) is 0.375. The van der Waals surface area contributed by atoms with E-state index in [0.29, 0.717) is 22.2 Å². The van der Waals surface area contributed by atoms with Gasteiger partial charge in [0.25, 0.3) is 0 Å². The third-order valence-corrected chi connectivity index (χ3v) is 7.03. The van der Waals surface area contributed by atoms with E-state index in [-0.39, 0.29) is 41.0 Å². The molecule has 8 heteroatoms. The quantitative estimate of drug-likeness (QED) is 0.575. The van der Waals surface area contributed by atoms with E-state index in [4.69, 9.17) is 4.74 Å². The maximum absolute atomic E-state index is 15.0. The number of rotatable bonds is 4. The standard InChI is InChI=1S/C24H22F2N4O2/c1-32-24(31)21-12-2-4-13(5-3-12)22(21)30-20-8-16(14(9-27)6-19(20)26)18-11-29-23-17(18)7-15(25)10-28-23/h6-8,10-13,21-22,30H,2-5H2,1H3,(H,28,29). The van der Waals surface area contributed by atoms with Gasteiger partial charge in [0, 0.05) is 28.8 Å². The second-order valence-electron chi connectivity index (χ2n) is 8.64. The predicted molar refractivity (Wildman–Crippen MR) is 115 cm³/mol. The van der Waals surface area contributed by atoms with Crippen LogP contribution in [0.3, 0.4) is 0 Å². The first kappa shape index (κ1) is 20.4. The van der Waals surface area contributed by atoms with E-state index in [1.165, 1.54) is 19.2 Å². The summed E-state index contributed by atoms with van der Waals surface area (Å²) in [5, 5.41) is 13.4. The molecule has 3 saturated carbocycles. The summed E-state index contributed by atoms with van der Waals surface area (Å²) >= 11 is 0. The lowest BCUT2D eigenvalue weighted by molar-refractivity contribution is -0.152. The second kappa shape index (κ2) is 7.90. The molecule has 2 atom stereocenters. The van der Waals surface area contributed by atoms with Crippen LogP contribution < -0.4 is 5.32 Å². The molecule has 3 aliphatic rings. The summed E-state index contributed by atoms with van der Waals surface area (Å²) in [5.41, 5.74) is 1.84. The molecule has 3 fully saturated rings. The Hall–Kier alpha value is -3.47. The molecule has 1 aromatic carbocycles. The van der Waals surface area contributed by atoms with Crippen molar-refractivity contribution in [3.63, 3.8) is 0 Å². The monoisotopic (exact) mass is 436 g/mol. The number of aromatic amines is 1. The number of fused-ring (bicyclic) bond motifs is 4. The molecule has 164 valence electrons. The van der Waals surface area contributed by atoms with E-state index in [2.05, 4.69) is 15.3 Å². The number of ether oxygens (including phenoxy) is 1.